The van der Waals surface area contributed by atoms with E-state index in [9.17, 15) is 13.2 Å². The third kappa shape index (κ3) is 2.30. The molecule has 0 bridgehead atoms. The molecular weight excluding hydrogens is 313 g/mol. The zero-order chi connectivity index (χ0) is 16.9. The second kappa shape index (κ2) is 5.36. The minimum atomic E-state index is -4.33. The smallest absolute Gasteiger partial charge is 0.298 e. The Hall–Kier alpha value is -2.30. The van der Waals surface area contributed by atoms with E-state index in [0.29, 0.717) is 5.56 Å². The molecule has 0 saturated heterocycles. The van der Waals surface area contributed by atoms with Gasteiger partial charge in [0.25, 0.3) is 0 Å². The summed E-state index contributed by atoms with van der Waals surface area (Å²) in [4.78, 5) is 6.61. The number of para-hydroxylation sites is 1. The van der Waals surface area contributed by atoms with Gasteiger partial charge in [0.15, 0.2) is 0 Å². The molecule has 2 aromatic rings. The third-order valence-corrected chi connectivity index (χ3v) is 4.82. The van der Waals surface area contributed by atoms with Gasteiger partial charge in [0.2, 0.25) is 0 Å². The van der Waals surface area contributed by atoms with Crippen LogP contribution in [0.3, 0.4) is 0 Å². The van der Waals surface area contributed by atoms with E-state index in [4.69, 9.17) is 0 Å². The van der Waals surface area contributed by atoms with Crippen LogP contribution in [0, 0.1) is 0 Å². The number of alkyl halides is 3. The SMILES string of the molecule is CC1c2ccccc2N(C2=NCCC2)c2ccc(C(F)(F)F)cc21. The van der Waals surface area contributed by atoms with Crippen molar-refractivity contribution in [2.24, 2.45) is 4.99 Å². The van der Waals surface area contributed by atoms with E-state index in [1.807, 2.05) is 36.1 Å². The van der Waals surface area contributed by atoms with Crippen LogP contribution in [0.4, 0.5) is 24.5 Å². The Labute approximate surface area is 138 Å². The highest BCUT2D eigenvalue weighted by Gasteiger charge is 2.35. The molecule has 0 N–H and O–H groups in total. The highest BCUT2D eigenvalue weighted by Crippen LogP contribution is 2.47. The fourth-order valence-corrected chi connectivity index (χ4v) is 3.62. The lowest BCUT2D eigenvalue weighted by Gasteiger charge is -2.36. The van der Waals surface area contributed by atoms with Crippen molar-refractivity contribution in [1.29, 1.82) is 0 Å². The van der Waals surface area contributed by atoms with Gasteiger partial charge in [0, 0.05) is 18.9 Å². The van der Waals surface area contributed by atoms with Gasteiger partial charge >= 0.3 is 6.18 Å². The lowest BCUT2D eigenvalue weighted by atomic mass is 9.85. The first-order valence-corrected chi connectivity index (χ1v) is 8.10. The van der Waals surface area contributed by atoms with Crippen LogP contribution in [0.1, 0.15) is 42.4 Å². The summed E-state index contributed by atoms with van der Waals surface area (Å²) >= 11 is 0. The van der Waals surface area contributed by atoms with E-state index in [1.54, 1.807) is 6.07 Å². The second-order valence-electron chi connectivity index (χ2n) is 6.29. The van der Waals surface area contributed by atoms with Crippen LogP contribution < -0.4 is 4.90 Å². The number of nitrogens with zero attached hydrogens (tertiary/aromatic N) is 2. The maximum Gasteiger partial charge on any atom is 0.416 e. The number of aliphatic imine (C=N–C) groups is 1. The van der Waals surface area contributed by atoms with Crippen LogP contribution in [0.2, 0.25) is 0 Å². The van der Waals surface area contributed by atoms with E-state index >= 15 is 0 Å². The molecule has 5 heteroatoms. The van der Waals surface area contributed by atoms with Crippen molar-refractivity contribution < 1.29 is 13.2 Å². The van der Waals surface area contributed by atoms with Crippen molar-refractivity contribution in [3.05, 3.63) is 59.2 Å². The number of hydrogen-bond acceptors (Lipinski definition) is 2. The summed E-state index contributed by atoms with van der Waals surface area (Å²) in [5, 5.41) is 0. The number of benzene rings is 2. The van der Waals surface area contributed by atoms with E-state index < -0.39 is 11.7 Å². The van der Waals surface area contributed by atoms with Gasteiger partial charge in [-0.25, -0.2) is 0 Å². The first-order valence-electron chi connectivity index (χ1n) is 8.10. The molecule has 1 unspecified atom stereocenters. The molecule has 24 heavy (non-hydrogen) atoms. The number of anilines is 2. The normalized spacial score (nSPS) is 19.8. The summed E-state index contributed by atoms with van der Waals surface area (Å²) in [6.07, 6.45) is -2.50. The minimum Gasteiger partial charge on any atom is -0.298 e. The topological polar surface area (TPSA) is 15.6 Å². The molecule has 124 valence electrons. The van der Waals surface area contributed by atoms with Gasteiger partial charge in [-0.1, -0.05) is 25.1 Å². The number of amidine groups is 1. The second-order valence-corrected chi connectivity index (χ2v) is 6.29. The lowest BCUT2D eigenvalue weighted by Crippen LogP contribution is -2.30. The first kappa shape index (κ1) is 15.2. The lowest BCUT2D eigenvalue weighted by molar-refractivity contribution is -0.137. The van der Waals surface area contributed by atoms with Gasteiger partial charge in [-0.15, -0.1) is 0 Å². The number of hydrogen-bond donors (Lipinski definition) is 0. The average molecular weight is 330 g/mol. The number of fused-ring (bicyclic) bond motifs is 2. The molecule has 4 rings (SSSR count). The van der Waals surface area contributed by atoms with Crippen LogP contribution in [0.15, 0.2) is 47.5 Å². The summed E-state index contributed by atoms with van der Waals surface area (Å²) in [7, 11) is 0. The molecular formula is C19H17F3N2. The quantitative estimate of drug-likeness (QED) is 0.622. The van der Waals surface area contributed by atoms with E-state index in [2.05, 4.69) is 4.99 Å². The van der Waals surface area contributed by atoms with Gasteiger partial charge in [-0.3, -0.25) is 9.89 Å². The molecule has 0 aromatic heterocycles. The van der Waals surface area contributed by atoms with Crippen molar-refractivity contribution >= 4 is 17.2 Å². The molecule has 2 heterocycles. The molecule has 2 aliphatic rings. The van der Waals surface area contributed by atoms with Gasteiger partial charge < -0.3 is 0 Å². The van der Waals surface area contributed by atoms with Crippen LogP contribution in [0.25, 0.3) is 0 Å². The molecule has 0 radical (unpaired) electrons. The molecule has 2 nitrogen and oxygen atoms in total. The molecule has 1 atom stereocenters. The van der Waals surface area contributed by atoms with Gasteiger partial charge in [-0.2, -0.15) is 13.2 Å². The van der Waals surface area contributed by atoms with Crippen molar-refractivity contribution in [3.8, 4) is 0 Å². The Morgan fingerprint density at radius 1 is 1.04 bits per heavy atom. The van der Waals surface area contributed by atoms with E-state index in [-0.39, 0.29) is 5.92 Å². The van der Waals surface area contributed by atoms with Crippen molar-refractivity contribution in [1.82, 2.24) is 0 Å². The summed E-state index contributed by atoms with van der Waals surface area (Å²) in [5.74, 6) is 0.854. The summed E-state index contributed by atoms with van der Waals surface area (Å²) < 4.78 is 39.4. The zero-order valence-electron chi connectivity index (χ0n) is 13.3. The summed E-state index contributed by atoms with van der Waals surface area (Å²) in [6, 6.07) is 12.0. The first-order chi connectivity index (χ1) is 11.5. The Morgan fingerprint density at radius 3 is 2.50 bits per heavy atom. The van der Waals surface area contributed by atoms with Crippen LogP contribution in [-0.2, 0) is 6.18 Å². The largest absolute Gasteiger partial charge is 0.416 e. The van der Waals surface area contributed by atoms with Gasteiger partial charge in [0.05, 0.1) is 16.9 Å². The van der Waals surface area contributed by atoms with Crippen LogP contribution >= 0.6 is 0 Å². The monoisotopic (exact) mass is 330 g/mol. The van der Waals surface area contributed by atoms with Gasteiger partial charge in [0.1, 0.15) is 5.84 Å². The standard InChI is InChI=1S/C19H17F3N2/c1-12-14-5-2-3-6-16(14)24(18-7-4-10-23-18)17-9-8-13(11-15(12)17)19(20,21)22/h2-3,5-6,8-9,11-12H,4,7,10H2,1H3. The summed E-state index contributed by atoms with van der Waals surface area (Å²) in [5.41, 5.74) is 2.99. The molecule has 0 amide bonds. The van der Waals surface area contributed by atoms with Crippen LogP contribution in [0.5, 0.6) is 0 Å². The maximum atomic E-state index is 13.1. The third-order valence-electron chi connectivity index (χ3n) is 4.82. The molecule has 0 fully saturated rings. The van der Waals surface area contributed by atoms with E-state index in [0.717, 1.165) is 42.2 Å². The summed E-state index contributed by atoms with van der Waals surface area (Å²) in [6.45, 7) is 2.74. The Morgan fingerprint density at radius 2 is 1.79 bits per heavy atom. The predicted molar refractivity (Wildman–Crippen MR) is 89.1 cm³/mol. The Balaban J connectivity index is 1.93. The Kier molecular flexibility index (Phi) is 3.41. The van der Waals surface area contributed by atoms with Crippen molar-refractivity contribution in [3.63, 3.8) is 0 Å². The minimum absolute atomic E-state index is 0.0863. The fourth-order valence-electron chi connectivity index (χ4n) is 3.62. The van der Waals surface area contributed by atoms with Gasteiger partial charge in [-0.05, 0) is 41.8 Å². The highest BCUT2D eigenvalue weighted by molar-refractivity contribution is 6.07. The zero-order valence-corrected chi connectivity index (χ0v) is 13.3. The van der Waals surface area contributed by atoms with Crippen LogP contribution in [-0.4, -0.2) is 12.4 Å². The molecule has 2 aliphatic heterocycles. The molecule has 0 saturated carbocycles. The number of rotatable bonds is 0. The molecule has 2 aromatic carbocycles. The molecule has 0 aliphatic carbocycles. The average Bonchev–Trinajstić information content (AvgIpc) is 3.08. The van der Waals surface area contributed by atoms with Crippen molar-refractivity contribution in [2.75, 3.05) is 11.4 Å². The maximum absolute atomic E-state index is 13.1. The number of halogens is 3. The predicted octanol–water partition coefficient (Wildman–Crippen LogP) is 5.50. The van der Waals surface area contributed by atoms with E-state index in [1.165, 1.54) is 12.1 Å². The Bertz CT molecular complexity index is 824. The highest BCUT2D eigenvalue weighted by atomic mass is 19.4. The van der Waals surface area contributed by atoms with Crippen molar-refractivity contribution in [2.45, 2.75) is 31.9 Å². The fraction of sp³-hybridized carbons (Fsp3) is 0.316. The molecule has 0 spiro atoms.